The third-order valence-electron chi connectivity index (χ3n) is 2.47. The monoisotopic (exact) mass is 253 g/mol. The number of carbonyl (C=O) groups excluding carboxylic acids is 2. The largest absolute Gasteiger partial charge is 0.469 e. The van der Waals surface area contributed by atoms with Gasteiger partial charge in [0, 0.05) is 17.3 Å². The van der Waals surface area contributed by atoms with Crippen LogP contribution in [0.3, 0.4) is 0 Å². The number of carbonyl (C=O) groups is 2. The van der Waals surface area contributed by atoms with Crippen LogP contribution in [0.15, 0.2) is 16.7 Å². The van der Waals surface area contributed by atoms with E-state index in [1.165, 1.54) is 23.5 Å². The van der Waals surface area contributed by atoms with Crippen LogP contribution in [0.25, 0.3) is 0 Å². The molecule has 17 heavy (non-hydrogen) atoms. The fourth-order valence-electron chi connectivity index (χ4n) is 1.55. The van der Waals surface area contributed by atoms with Crippen molar-refractivity contribution in [3.8, 4) is 0 Å². The van der Waals surface area contributed by atoms with Crippen LogP contribution in [-0.4, -0.2) is 29.7 Å². The number of methoxy groups -OCH3 is 1. The fraction of sp³-hybridized carbons (Fsp3) is 0.400. The van der Waals surface area contributed by atoms with Gasteiger partial charge < -0.3 is 4.74 Å². The molecule has 0 saturated carbocycles. The SMILES string of the molecule is COC(=O)CC1C(=O)N(c2nccs2)N=C1C. The van der Waals surface area contributed by atoms with Gasteiger partial charge >= 0.3 is 5.97 Å². The highest BCUT2D eigenvalue weighted by Crippen LogP contribution is 2.27. The molecule has 1 aromatic rings. The number of rotatable bonds is 3. The molecule has 0 radical (unpaired) electrons. The number of hydrogen-bond acceptors (Lipinski definition) is 6. The predicted octanol–water partition coefficient (Wildman–Crippen LogP) is 1.04. The summed E-state index contributed by atoms with van der Waals surface area (Å²) in [5.41, 5.74) is 0.607. The third kappa shape index (κ3) is 2.19. The number of ether oxygens (including phenoxy) is 1. The van der Waals surface area contributed by atoms with Crippen LogP contribution in [0.5, 0.6) is 0 Å². The summed E-state index contributed by atoms with van der Waals surface area (Å²) in [7, 11) is 1.30. The first-order valence-corrected chi connectivity index (χ1v) is 5.87. The minimum atomic E-state index is -0.536. The lowest BCUT2D eigenvalue weighted by atomic mass is 10.0. The van der Waals surface area contributed by atoms with Gasteiger partial charge in [0.25, 0.3) is 5.91 Å². The van der Waals surface area contributed by atoms with E-state index >= 15 is 0 Å². The Labute approximate surface area is 102 Å². The van der Waals surface area contributed by atoms with Crippen molar-refractivity contribution in [2.45, 2.75) is 13.3 Å². The van der Waals surface area contributed by atoms with Crippen molar-refractivity contribution in [3.63, 3.8) is 0 Å². The molecule has 90 valence electrons. The Hall–Kier alpha value is -1.76. The number of esters is 1. The van der Waals surface area contributed by atoms with E-state index < -0.39 is 11.9 Å². The van der Waals surface area contributed by atoms with Crippen molar-refractivity contribution < 1.29 is 14.3 Å². The lowest BCUT2D eigenvalue weighted by Gasteiger charge is -2.10. The Balaban J connectivity index is 2.16. The number of hydrogen-bond donors (Lipinski definition) is 0. The van der Waals surface area contributed by atoms with Crippen LogP contribution in [0.4, 0.5) is 5.13 Å². The van der Waals surface area contributed by atoms with E-state index in [1.807, 2.05) is 0 Å². The summed E-state index contributed by atoms with van der Waals surface area (Å²) in [6.07, 6.45) is 1.62. The van der Waals surface area contributed by atoms with Crippen molar-refractivity contribution in [2.75, 3.05) is 12.1 Å². The molecule has 1 amide bonds. The smallest absolute Gasteiger partial charge is 0.306 e. The second kappa shape index (κ2) is 4.62. The molecule has 0 aromatic carbocycles. The lowest BCUT2D eigenvalue weighted by Crippen LogP contribution is -2.28. The molecular formula is C10H11N3O3S. The van der Waals surface area contributed by atoms with Gasteiger partial charge in [0.2, 0.25) is 5.13 Å². The maximum Gasteiger partial charge on any atom is 0.306 e. The molecule has 1 aliphatic rings. The molecule has 0 spiro atoms. The Bertz CT molecular complexity index is 469. The van der Waals surface area contributed by atoms with Gasteiger partial charge in [0.15, 0.2) is 0 Å². The molecule has 2 rings (SSSR count). The zero-order valence-corrected chi connectivity index (χ0v) is 10.2. The summed E-state index contributed by atoms with van der Waals surface area (Å²) in [6.45, 7) is 1.72. The van der Waals surface area contributed by atoms with Crippen LogP contribution >= 0.6 is 11.3 Å². The Kier molecular flexibility index (Phi) is 3.19. The molecule has 2 heterocycles. The lowest BCUT2D eigenvalue weighted by molar-refractivity contribution is -0.142. The van der Waals surface area contributed by atoms with Crippen LogP contribution < -0.4 is 5.01 Å². The van der Waals surface area contributed by atoms with Gasteiger partial charge in [-0.15, -0.1) is 11.3 Å². The minimum absolute atomic E-state index is 0.0204. The first kappa shape index (κ1) is 11.7. The van der Waals surface area contributed by atoms with Crippen LogP contribution in [0.1, 0.15) is 13.3 Å². The van der Waals surface area contributed by atoms with E-state index in [4.69, 9.17) is 0 Å². The van der Waals surface area contributed by atoms with E-state index in [9.17, 15) is 9.59 Å². The summed E-state index contributed by atoms with van der Waals surface area (Å²) in [5, 5.41) is 7.65. The number of amides is 1. The molecule has 0 saturated heterocycles. The number of nitrogens with zero attached hydrogens (tertiary/aromatic N) is 3. The maximum absolute atomic E-state index is 12.0. The van der Waals surface area contributed by atoms with E-state index in [-0.39, 0.29) is 12.3 Å². The van der Waals surface area contributed by atoms with E-state index in [0.29, 0.717) is 10.8 Å². The third-order valence-corrected chi connectivity index (χ3v) is 3.21. The highest BCUT2D eigenvalue weighted by atomic mass is 32.1. The predicted molar refractivity (Wildman–Crippen MR) is 62.8 cm³/mol. The Morgan fingerprint density at radius 3 is 3.00 bits per heavy atom. The number of hydrazone groups is 1. The van der Waals surface area contributed by atoms with Crippen molar-refractivity contribution in [3.05, 3.63) is 11.6 Å². The molecule has 6 nitrogen and oxygen atoms in total. The molecule has 1 aliphatic heterocycles. The van der Waals surface area contributed by atoms with Crippen LogP contribution in [-0.2, 0) is 14.3 Å². The van der Waals surface area contributed by atoms with Gasteiger partial charge in [-0.2, -0.15) is 10.1 Å². The Morgan fingerprint density at radius 1 is 1.65 bits per heavy atom. The molecular weight excluding hydrogens is 242 g/mol. The zero-order valence-electron chi connectivity index (χ0n) is 9.41. The summed E-state index contributed by atoms with van der Waals surface area (Å²) in [4.78, 5) is 27.2. The highest BCUT2D eigenvalue weighted by molar-refractivity contribution is 7.13. The van der Waals surface area contributed by atoms with Gasteiger partial charge in [-0.1, -0.05) is 0 Å². The quantitative estimate of drug-likeness (QED) is 0.755. The molecule has 0 fully saturated rings. The van der Waals surface area contributed by atoms with Gasteiger partial charge in [0.1, 0.15) is 0 Å². The molecule has 1 aromatic heterocycles. The summed E-state index contributed by atoms with van der Waals surface area (Å²) in [5.74, 6) is -1.19. The van der Waals surface area contributed by atoms with Gasteiger partial charge in [-0.05, 0) is 6.92 Å². The molecule has 0 bridgehead atoms. The second-order valence-electron chi connectivity index (χ2n) is 3.54. The molecule has 1 unspecified atom stereocenters. The molecule has 0 aliphatic carbocycles. The first-order valence-electron chi connectivity index (χ1n) is 4.99. The van der Waals surface area contributed by atoms with Crippen LogP contribution in [0, 0.1) is 5.92 Å². The highest BCUT2D eigenvalue weighted by Gasteiger charge is 2.37. The first-order chi connectivity index (χ1) is 8.13. The molecule has 0 N–H and O–H groups in total. The fourth-order valence-corrected chi connectivity index (χ4v) is 2.14. The standard InChI is InChI=1S/C10H11N3O3S/c1-6-7(5-8(14)16-2)9(15)13(12-6)10-11-3-4-17-10/h3-4,7H,5H2,1-2H3. The topological polar surface area (TPSA) is 71.9 Å². The maximum atomic E-state index is 12.0. The van der Waals surface area contributed by atoms with Gasteiger partial charge in [-0.3, -0.25) is 9.59 Å². The van der Waals surface area contributed by atoms with Crippen molar-refractivity contribution in [2.24, 2.45) is 11.0 Å². The summed E-state index contributed by atoms with van der Waals surface area (Å²) in [6, 6.07) is 0. The summed E-state index contributed by atoms with van der Waals surface area (Å²) >= 11 is 1.32. The number of aromatic nitrogens is 1. The van der Waals surface area contributed by atoms with Gasteiger partial charge in [0.05, 0.1) is 19.4 Å². The van der Waals surface area contributed by atoms with Crippen LogP contribution in [0.2, 0.25) is 0 Å². The van der Waals surface area contributed by atoms with E-state index in [2.05, 4.69) is 14.8 Å². The minimum Gasteiger partial charge on any atom is -0.469 e. The zero-order chi connectivity index (χ0) is 12.4. The Morgan fingerprint density at radius 2 is 2.41 bits per heavy atom. The van der Waals surface area contributed by atoms with Crippen molar-refractivity contribution in [1.29, 1.82) is 0 Å². The number of thiazole rings is 1. The summed E-state index contributed by atoms with van der Waals surface area (Å²) < 4.78 is 4.56. The van der Waals surface area contributed by atoms with Crippen molar-refractivity contribution in [1.82, 2.24) is 4.98 Å². The average Bonchev–Trinajstić information content (AvgIpc) is 2.92. The van der Waals surface area contributed by atoms with E-state index in [0.717, 1.165) is 0 Å². The molecule has 7 heteroatoms. The number of anilines is 1. The normalized spacial score (nSPS) is 19.4. The van der Waals surface area contributed by atoms with Crippen molar-refractivity contribution >= 4 is 34.1 Å². The molecule has 1 atom stereocenters. The average molecular weight is 253 g/mol. The van der Waals surface area contributed by atoms with Gasteiger partial charge in [-0.25, -0.2) is 4.98 Å². The second-order valence-corrected chi connectivity index (χ2v) is 4.41. The van der Waals surface area contributed by atoms with E-state index in [1.54, 1.807) is 18.5 Å².